The molecule has 0 radical (unpaired) electrons. The summed E-state index contributed by atoms with van der Waals surface area (Å²) in [4.78, 5) is 12.7. The van der Waals surface area contributed by atoms with Gasteiger partial charge in [0.2, 0.25) is 0 Å². The molecule has 4 nitrogen and oxygen atoms in total. The highest BCUT2D eigenvalue weighted by molar-refractivity contribution is 6.03. The number of carbonyl (C=O) groups is 1. The maximum absolute atomic E-state index is 12.7. The van der Waals surface area contributed by atoms with Gasteiger partial charge in [0, 0.05) is 17.9 Å². The molecule has 4 rings (SSSR count). The minimum atomic E-state index is -0.238. The number of hydrogen-bond acceptors (Lipinski definition) is 3. The zero-order chi connectivity index (χ0) is 22.9. The second-order valence-corrected chi connectivity index (χ2v) is 7.67. The van der Waals surface area contributed by atoms with Gasteiger partial charge in [0.25, 0.3) is 5.91 Å². The molecule has 1 N–H and O–H groups in total. The first-order valence-corrected chi connectivity index (χ1v) is 10.9. The minimum Gasteiger partial charge on any atom is -0.497 e. The number of benzene rings is 4. The average molecular weight is 435 g/mol. The van der Waals surface area contributed by atoms with Gasteiger partial charge < -0.3 is 4.74 Å². The second kappa shape index (κ2) is 10.9. The maximum Gasteiger partial charge on any atom is 0.271 e. The van der Waals surface area contributed by atoms with Gasteiger partial charge in [0.1, 0.15) is 5.75 Å². The predicted molar refractivity (Wildman–Crippen MR) is 133 cm³/mol. The van der Waals surface area contributed by atoms with Crippen molar-refractivity contribution in [2.45, 2.75) is 12.3 Å². The van der Waals surface area contributed by atoms with Crippen molar-refractivity contribution < 1.29 is 9.53 Å². The Labute approximate surface area is 194 Å². The van der Waals surface area contributed by atoms with Crippen LogP contribution in [0.4, 0.5) is 0 Å². The zero-order valence-corrected chi connectivity index (χ0v) is 18.5. The van der Waals surface area contributed by atoms with Crippen molar-refractivity contribution in [3.63, 3.8) is 0 Å². The van der Waals surface area contributed by atoms with E-state index in [4.69, 9.17) is 4.74 Å². The Kier molecular flexibility index (Phi) is 7.29. The number of hydrazone groups is 1. The van der Waals surface area contributed by atoms with Crippen LogP contribution in [0.1, 0.15) is 39.4 Å². The third-order valence-corrected chi connectivity index (χ3v) is 5.55. The van der Waals surface area contributed by atoms with Crippen LogP contribution in [0.3, 0.4) is 0 Å². The fourth-order valence-electron chi connectivity index (χ4n) is 3.78. The lowest BCUT2D eigenvalue weighted by Crippen LogP contribution is -2.21. The summed E-state index contributed by atoms with van der Waals surface area (Å²) in [6, 6.07) is 37.6. The van der Waals surface area contributed by atoms with E-state index in [1.54, 1.807) is 19.2 Å². The van der Waals surface area contributed by atoms with E-state index >= 15 is 0 Å². The van der Waals surface area contributed by atoms with Crippen molar-refractivity contribution >= 4 is 11.6 Å². The minimum absolute atomic E-state index is 0.0851. The number of rotatable bonds is 8. The quantitative estimate of drug-likeness (QED) is 0.271. The number of ether oxygens (including phenoxy) is 1. The smallest absolute Gasteiger partial charge is 0.271 e. The van der Waals surface area contributed by atoms with Gasteiger partial charge >= 0.3 is 0 Å². The summed E-state index contributed by atoms with van der Waals surface area (Å²) in [6.45, 7) is 0. The van der Waals surface area contributed by atoms with Crippen molar-refractivity contribution in [1.29, 1.82) is 0 Å². The van der Waals surface area contributed by atoms with E-state index in [0.29, 0.717) is 12.0 Å². The van der Waals surface area contributed by atoms with Crippen LogP contribution in [0.15, 0.2) is 120 Å². The number of hydrogen-bond donors (Lipinski definition) is 1. The molecule has 0 unspecified atom stereocenters. The van der Waals surface area contributed by atoms with Gasteiger partial charge in [-0.05, 0) is 53.1 Å². The molecule has 0 fully saturated rings. The van der Waals surface area contributed by atoms with Gasteiger partial charge in [-0.1, -0.05) is 78.9 Å². The van der Waals surface area contributed by atoms with Gasteiger partial charge in [0.15, 0.2) is 0 Å². The van der Waals surface area contributed by atoms with Crippen molar-refractivity contribution in [3.05, 3.63) is 138 Å². The molecule has 0 aromatic heterocycles. The molecule has 33 heavy (non-hydrogen) atoms. The first kappa shape index (κ1) is 22.0. The fraction of sp³-hybridized carbons (Fsp3) is 0.103. The number of methoxy groups -OCH3 is 1. The second-order valence-electron chi connectivity index (χ2n) is 7.67. The monoisotopic (exact) mass is 434 g/mol. The topological polar surface area (TPSA) is 50.7 Å². The van der Waals surface area contributed by atoms with E-state index in [1.807, 2.05) is 78.9 Å². The summed E-state index contributed by atoms with van der Waals surface area (Å²) < 4.78 is 5.32. The van der Waals surface area contributed by atoms with E-state index in [9.17, 15) is 4.79 Å². The SMILES string of the molecule is COc1ccc(/C(CC(c2ccccc2)c2ccccc2)=N/NC(=O)c2ccccc2)cc1. The van der Waals surface area contributed by atoms with E-state index in [0.717, 1.165) is 17.0 Å². The van der Waals surface area contributed by atoms with Crippen LogP contribution >= 0.6 is 0 Å². The lowest BCUT2D eigenvalue weighted by Gasteiger charge is -2.20. The Bertz CT molecular complexity index is 1150. The molecule has 4 heteroatoms. The van der Waals surface area contributed by atoms with Crippen LogP contribution in [-0.2, 0) is 0 Å². The molecular formula is C29H26N2O2. The summed E-state index contributed by atoms with van der Waals surface area (Å²) >= 11 is 0. The normalized spacial score (nSPS) is 11.3. The summed E-state index contributed by atoms with van der Waals surface area (Å²) in [5, 5.41) is 4.59. The number of nitrogens with one attached hydrogen (secondary N) is 1. The Balaban J connectivity index is 1.70. The fourth-order valence-corrected chi connectivity index (χ4v) is 3.78. The Morgan fingerprint density at radius 1 is 0.727 bits per heavy atom. The standard InChI is InChI=1S/C29H26N2O2/c1-33-26-19-17-24(18-20-26)28(30-31-29(32)25-15-9-4-10-16-25)21-27(22-11-5-2-6-12-22)23-13-7-3-8-14-23/h2-20,27H,21H2,1H3,(H,31,32)/b30-28+. The van der Waals surface area contributed by atoms with Crippen molar-refractivity contribution in [3.8, 4) is 5.75 Å². The van der Waals surface area contributed by atoms with Crippen LogP contribution < -0.4 is 10.2 Å². The molecule has 0 atom stereocenters. The average Bonchev–Trinajstić information content (AvgIpc) is 2.90. The molecule has 1 amide bonds. The summed E-state index contributed by atoms with van der Waals surface area (Å²) in [5.41, 5.74) is 7.43. The maximum atomic E-state index is 12.7. The number of carbonyl (C=O) groups excluding carboxylic acids is 1. The highest BCUT2D eigenvalue weighted by Gasteiger charge is 2.19. The van der Waals surface area contributed by atoms with E-state index in [-0.39, 0.29) is 11.8 Å². The molecule has 0 saturated heterocycles. The van der Waals surface area contributed by atoms with Crippen LogP contribution in [0.25, 0.3) is 0 Å². The Morgan fingerprint density at radius 3 is 1.76 bits per heavy atom. The molecule has 0 saturated carbocycles. The summed E-state index contributed by atoms with van der Waals surface area (Å²) in [7, 11) is 1.64. The summed E-state index contributed by atoms with van der Waals surface area (Å²) in [5.74, 6) is 0.619. The molecule has 4 aromatic rings. The number of nitrogens with zero attached hydrogens (tertiary/aromatic N) is 1. The van der Waals surface area contributed by atoms with Gasteiger partial charge in [-0.25, -0.2) is 5.43 Å². The first-order chi connectivity index (χ1) is 16.2. The molecule has 0 aliphatic carbocycles. The lowest BCUT2D eigenvalue weighted by molar-refractivity contribution is 0.0954. The highest BCUT2D eigenvalue weighted by atomic mass is 16.5. The highest BCUT2D eigenvalue weighted by Crippen LogP contribution is 2.30. The van der Waals surface area contributed by atoms with Crippen LogP contribution in [-0.4, -0.2) is 18.7 Å². The first-order valence-electron chi connectivity index (χ1n) is 10.9. The van der Waals surface area contributed by atoms with Crippen LogP contribution in [0, 0.1) is 0 Å². The molecular weight excluding hydrogens is 408 g/mol. The molecule has 0 bridgehead atoms. The molecule has 0 aliphatic heterocycles. The molecule has 0 heterocycles. The molecule has 0 spiro atoms. The van der Waals surface area contributed by atoms with E-state index in [2.05, 4.69) is 34.8 Å². The Morgan fingerprint density at radius 2 is 1.24 bits per heavy atom. The zero-order valence-electron chi connectivity index (χ0n) is 18.5. The third-order valence-electron chi connectivity index (χ3n) is 5.55. The molecule has 164 valence electrons. The molecule has 0 aliphatic rings. The molecule has 4 aromatic carbocycles. The van der Waals surface area contributed by atoms with Gasteiger partial charge in [-0.2, -0.15) is 5.10 Å². The summed E-state index contributed by atoms with van der Waals surface area (Å²) in [6.07, 6.45) is 0.620. The number of amides is 1. The van der Waals surface area contributed by atoms with Crippen molar-refractivity contribution in [1.82, 2.24) is 5.43 Å². The van der Waals surface area contributed by atoms with Gasteiger partial charge in [-0.3, -0.25) is 4.79 Å². The predicted octanol–water partition coefficient (Wildman–Crippen LogP) is 6.05. The third kappa shape index (κ3) is 5.74. The lowest BCUT2D eigenvalue weighted by atomic mass is 9.85. The Hall–Kier alpha value is -4.18. The van der Waals surface area contributed by atoms with Crippen LogP contribution in [0.2, 0.25) is 0 Å². The van der Waals surface area contributed by atoms with Crippen molar-refractivity contribution in [2.75, 3.05) is 7.11 Å². The van der Waals surface area contributed by atoms with Crippen molar-refractivity contribution in [2.24, 2.45) is 5.10 Å². The largest absolute Gasteiger partial charge is 0.497 e. The van der Waals surface area contributed by atoms with Gasteiger partial charge in [0.05, 0.1) is 12.8 Å². The van der Waals surface area contributed by atoms with E-state index < -0.39 is 0 Å². The van der Waals surface area contributed by atoms with Crippen LogP contribution in [0.5, 0.6) is 5.75 Å². The van der Waals surface area contributed by atoms with E-state index in [1.165, 1.54) is 11.1 Å². The van der Waals surface area contributed by atoms with Gasteiger partial charge in [-0.15, -0.1) is 0 Å².